The summed E-state index contributed by atoms with van der Waals surface area (Å²) < 4.78 is 11.8. The van der Waals surface area contributed by atoms with Gasteiger partial charge in [-0.05, 0) is 78.2 Å². The van der Waals surface area contributed by atoms with Crippen LogP contribution in [-0.2, 0) is 9.47 Å². The molecule has 0 spiro atoms. The number of hydrogen-bond donors (Lipinski definition) is 1. The number of ether oxygens (including phenoxy) is 2. The van der Waals surface area contributed by atoms with Gasteiger partial charge in [-0.2, -0.15) is 0 Å². The Morgan fingerprint density at radius 3 is 2.39 bits per heavy atom. The lowest BCUT2D eigenvalue weighted by Gasteiger charge is -2.46. The molecule has 2 aliphatic heterocycles. The van der Waals surface area contributed by atoms with Crippen molar-refractivity contribution in [3.05, 3.63) is 0 Å². The van der Waals surface area contributed by atoms with E-state index in [0.717, 1.165) is 32.6 Å². The van der Waals surface area contributed by atoms with Crippen molar-refractivity contribution in [3.63, 3.8) is 0 Å². The first kappa shape index (κ1) is 19.2. The van der Waals surface area contributed by atoms with Gasteiger partial charge in [-0.1, -0.05) is 19.8 Å². The minimum absolute atomic E-state index is 0.0382. The first-order valence-corrected chi connectivity index (χ1v) is 9.77. The van der Waals surface area contributed by atoms with Crippen molar-refractivity contribution < 1.29 is 9.47 Å². The standard InChI is InChI=1S/C20H39NO2/c1-6-7-9-20(11-14-23-19(4,5)16-20)10-12-21-17-8-13-22-18(2,3)15-17/h17,21H,6-16H2,1-5H3/t17-,20-/m0/s1. The highest BCUT2D eigenvalue weighted by atomic mass is 16.5. The SMILES string of the molecule is CCCC[C@]1(CCN[C@H]2CCOC(C)(C)C2)CCOC(C)(C)C1. The van der Waals surface area contributed by atoms with Crippen molar-refractivity contribution in [3.8, 4) is 0 Å². The van der Waals surface area contributed by atoms with Crippen LogP contribution in [0.4, 0.5) is 0 Å². The van der Waals surface area contributed by atoms with Crippen LogP contribution in [0.25, 0.3) is 0 Å². The molecule has 0 unspecified atom stereocenters. The number of hydrogen-bond acceptors (Lipinski definition) is 3. The van der Waals surface area contributed by atoms with Crippen molar-refractivity contribution in [1.29, 1.82) is 0 Å². The molecule has 2 fully saturated rings. The number of nitrogens with one attached hydrogen (secondary N) is 1. The molecule has 0 aromatic carbocycles. The molecule has 1 N–H and O–H groups in total. The lowest BCUT2D eigenvalue weighted by molar-refractivity contribution is -0.110. The van der Waals surface area contributed by atoms with E-state index in [4.69, 9.17) is 9.47 Å². The molecule has 136 valence electrons. The highest BCUT2D eigenvalue weighted by molar-refractivity contribution is 4.91. The van der Waals surface area contributed by atoms with Crippen LogP contribution in [0.1, 0.15) is 86.0 Å². The molecule has 2 heterocycles. The third kappa shape index (κ3) is 6.03. The predicted octanol–water partition coefficient (Wildman–Crippen LogP) is 4.69. The molecule has 2 aliphatic rings. The monoisotopic (exact) mass is 325 g/mol. The Hall–Kier alpha value is -0.120. The molecule has 3 heteroatoms. The fourth-order valence-corrected chi connectivity index (χ4v) is 4.64. The van der Waals surface area contributed by atoms with Crippen LogP contribution in [0.2, 0.25) is 0 Å². The van der Waals surface area contributed by atoms with E-state index < -0.39 is 0 Å². The Balaban J connectivity index is 1.86. The van der Waals surface area contributed by atoms with Gasteiger partial charge in [-0.25, -0.2) is 0 Å². The summed E-state index contributed by atoms with van der Waals surface area (Å²) in [7, 11) is 0. The smallest absolute Gasteiger partial charge is 0.0641 e. The summed E-state index contributed by atoms with van der Waals surface area (Å²) in [5, 5.41) is 3.83. The van der Waals surface area contributed by atoms with Crippen molar-refractivity contribution in [2.24, 2.45) is 5.41 Å². The maximum Gasteiger partial charge on any atom is 0.0641 e. The molecule has 0 bridgehead atoms. The third-order valence-electron chi connectivity index (χ3n) is 5.77. The van der Waals surface area contributed by atoms with Gasteiger partial charge in [0, 0.05) is 19.3 Å². The Morgan fingerprint density at radius 2 is 1.74 bits per heavy atom. The van der Waals surface area contributed by atoms with Gasteiger partial charge >= 0.3 is 0 Å². The van der Waals surface area contributed by atoms with E-state index in [1.165, 1.54) is 38.5 Å². The fraction of sp³-hybridized carbons (Fsp3) is 1.00. The zero-order valence-electron chi connectivity index (χ0n) is 16.2. The van der Waals surface area contributed by atoms with Crippen LogP contribution >= 0.6 is 0 Å². The van der Waals surface area contributed by atoms with E-state index in [1.807, 2.05) is 0 Å². The molecule has 0 aromatic rings. The lowest BCUT2D eigenvalue weighted by Crippen LogP contribution is -2.46. The fourth-order valence-electron chi connectivity index (χ4n) is 4.64. The Kier molecular flexibility index (Phi) is 6.55. The summed E-state index contributed by atoms with van der Waals surface area (Å²) in [5.74, 6) is 0. The first-order valence-electron chi connectivity index (χ1n) is 9.77. The largest absolute Gasteiger partial charge is 0.376 e. The summed E-state index contributed by atoms with van der Waals surface area (Å²) in [6.07, 6.45) is 10.0. The van der Waals surface area contributed by atoms with Crippen molar-refractivity contribution in [1.82, 2.24) is 5.32 Å². The van der Waals surface area contributed by atoms with Gasteiger partial charge in [0.05, 0.1) is 11.2 Å². The third-order valence-corrected chi connectivity index (χ3v) is 5.77. The second-order valence-corrected chi connectivity index (χ2v) is 9.14. The molecule has 2 atom stereocenters. The maximum atomic E-state index is 5.99. The minimum Gasteiger partial charge on any atom is -0.376 e. The molecule has 2 saturated heterocycles. The summed E-state index contributed by atoms with van der Waals surface area (Å²) in [5.41, 5.74) is 0.564. The van der Waals surface area contributed by atoms with Crippen molar-refractivity contribution in [2.75, 3.05) is 19.8 Å². The van der Waals surface area contributed by atoms with Crippen LogP contribution in [0, 0.1) is 5.41 Å². The highest BCUT2D eigenvalue weighted by Gasteiger charge is 2.40. The summed E-state index contributed by atoms with van der Waals surface area (Å²) in [4.78, 5) is 0. The quantitative estimate of drug-likeness (QED) is 0.736. The van der Waals surface area contributed by atoms with Crippen LogP contribution in [-0.4, -0.2) is 37.0 Å². The molecule has 0 aromatic heterocycles. The Labute approximate surface area is 143 Å². The predicted molar refractivity (Wildman–Crippen MR) is 96.9 cm³/mol. The highest BCUT2D eigenvalue weighted by Crippen LogP contribution is 2.45. The summed E-state index contributed by atoms with van der Waals surface area (Å²) in [6.45, 7) is 14.2. The first-order chi connectivity index (χ1) is 10.8. The molecular weight excluding hydrogens is 286 g/mol. The van der Waals surface area contributed by atoms with E-state index in [-0.39, 0.29) is 11.2 Å². The van der Waals surface area contributed by atoms with Gasteiger partial charge in [0.15, 0.2) is 0 Å². The maximum absolute atomic E-state index is 5.99. The van der Waals surface area contributed by atoms with Crippen LogP contribution in [0.5, 0.6) is 0 Å². The van der Waals surface area contributed by atoms with E-state index in [9.17, 15) is 0 Å². The molecule has 2 rings (SSSR count). The lowest BCUT2D eigenvalue weighted by atomic mass is 9.68. The normalized spacial score (nSPS) is 33.5. The molecule has 0 saturated carbocycles. The van der Waals surface area contributed by atoms with Gasteiger partial charge in [-0.3, -0.25) is 0 Å². The van der Waals surface area contributed by atoms with Gasteiger partial charge in [-0.15, -0.1) is 0 Å². The van der Waals surface area contributed by atoms with Crippen LogP contribution < -0.4 is 5.32 Å². The minimum atomic E-state index is 0.0382. The van der Waals surface area contributed by atoms with Gasteiger partial charge in [0.25, 0.3) is 0 Å². The molecule has 23 heavy (non-hydrogen) atoms. The summed E-state index contributed by atoms with van der Waals surface area (Å²) >= 11 is 0. The second-order valence-electron chi connectivity index (χ2n) is 9.14. The zero-order chi connectivity index (χ0) is 17.0. The zero-order valence-corrected chi connectivity index (χ0v) is 16.2. The number of unbranched alkanes of at least 4 members (excludes halogenated alkanes) is 1. The molecule has 0 amide bonds. The Bertz CT molecular complexity index is 367. The molecular formula is C20H39NO2. The van der Waals surface area contributed by atoms with Crippen molar-refractivity contribution >= 4 is 0 Å². The van der Waals surface area contributed by atoms with Gasteiger partial charge < -0.3 is 14.8 Å². The van der Waals surface area contributed by atoms with Crippen LogP contribution in [0.15, 0.2) is 0 Å². The molecule has 0 aliphatic carbocycles. The van der Waals surface area contributed by atoms with Gasteiger partial charge in [0.1, 0.15) is 0 Å². The average molecular weight is 326 g/mol. The van der Waals surface area contributed by atoms with E-state index in [1.54, 1.807) is 0 Å². The van der Waals surface area contributed by atoms with Crippen molar-refractivity contribution in [2.45, 2.75) is 103 Å². The summed E-state index contributed by atoms with van der Waals surface area (Å²) in [6, 6.07) is 0.620. The van der Waals surface area contributed by atoms with E-state index >= 15 is 0 Å². The molecule has 3 nitrogen and oxygen atoms in total. The van der Waals surface area contributed by atoms with Crippen LogP contribution in [0.3, 0.4) is 0 Å². The van der Waals surface area contributed by atoms with E-state index in [2.05, 4.69) is 39.9 Å². The molecule has 0 radical (unpaired) electrons. The topological polar surface area (TPSA) is 30.5 Å². The van der Waals surface area contributed by atoms with Gasteiger partial charge in [0.2, 0.25) is 0 Å². The van der Waals surface area contributed by atoms with E-state index in [0.29, 0.717) is 11.5 Å². The Morgan fingerprint density at radius 1 is 1.00 bits per heavy atom. The average Bonchev–Trinajstić information content (AvgIpc) is 2.43. The second kappa shape index (κ2) is 7.84. The number of rotatable bonds is 7.